The maximum absolute atomic E-state index is 5.55. The second kappa shape index (κ2) is 15.6. The molecule has 0 saturated carbocycles. The minimum Gasteiger partial charge on any atom is -0.309 e. The number of hydrogen-bond donors (Lipinski definition) is 0. The lowest BCUT2D eigenvalue weighted by Crippen LogP contribution is -2.08. The van der Waals surface area contributed by atoms with Gasteiger partial charge in [0, 0.05) is 49.1 Å². The molecular weight excluding hydrogens is 841 g/mol. The van der Waals surface area contributed by atoms with Gasteiger partial charge in [-0.1, -0.05) is 188 Å². The number of para-hydroxylation sites is 5. The van der Waals surface area contributed by atoms with Gasteiger partial charge >= 0.3 is 0 Å². The average Bonchev–Trinajstić information content (AvgIpc) is 4.07. The summed E-state index contributed by atoms with van der Waals surface area (Å²) in [5.74, 6) is 1.71. The summed E-state index contributed by atoms with van der Waals surface area (Å²) in [6.07, 6.45) is 0. The number of aromatic nitrogens is 6. The summed E-state index contributed by atoms with van der Waals surface area (Å²) in [5.41, 5.74) is 15.0. The fourth-order valence-electron chi connectivity index (χ4n) is 10.6. The van der Waals surface area contributed by atoms with Crippen molar-refractivity contribution in [2.45, 2.75) is 0 Å². The molecule has 0 spiro atoms. The van der Waals surface area contributed by atoms with Gasteiger partial charge in [-0.15, -0.1) is 0 Å². The van der Waals surface area contributed by atoms with Crippen LogP contribution in [0.25, 0.3) is 128 Å². The Kier molecular flexibility index (Phi) is 8.79. The van der Waals surface area contributed by atoms with E-state index in [-0.39, 0.29) is 0 Å². The van der Waals surface area contributed by atoms with Crippen LogP contribution < -0.4 is 0 Å². The van der Waals surface area contributed by atoms with Crippen molar-refractivity contribution in [3.63, 3.8) is 0 Å². The highest BCUT2D eigenvalue weighted by Gasteiger charge is 2.27. The van der Waals surface area contributed by atoms with E-state index in [0.717, 1.165) is 88.5 Å². The van der Waals surface area contributed by atoms with Crippen molar-refractivity contribution in [1.29, 1.82) is 0 Å². The number of benzene rings is 10. The number of fused-ring (bicyclic) bond motifs is 10. The summed E-state index contributed by atoms with van der Waals surface area (Å²) in [4.78, 5) is 16.3. The Bertz CT molecular complexity index is 4240. The predicted octanol–water partition coefficient (Wildman–Crippen LogP) is 15.8. The van der Waals surface area contributed by atoms with Crippen molar-refractivity contribution in [2.24, 2.45) is 0 Å². The Morgan fingerprint density at radius 1 is 0.261 bits per heavy atom. The van der Waals surface area contributed by atoms with Crippen LogP contribution in [0.2, 0.25) is 0 Å². The van der Waals surface area contributed by atoms with Crippen molar-refractivity contribution in [1.82, 2.24) is 28.7 Å². The smallest absolute Gasteiger partial charge is 0.238 e. The zero-order valence-corrected chi connectivity index (χ0v) is 37.3. The molecule has 6 heteroatoms. The summed E-state index contributed by atoms with van der Waals surface area (Å²) >= 11 is 0. The Labute approximate surface area is 397 Å². The Hall–Kier alpha value is -9.39. The van der Waals surface area contributed by atoms with Crippen molar-refractivity contribution in [3.8, 4) is 62.4 Å². The van der Waals surface area contributed by atoms with E-state index in [1.165, 1.54) is 21.7 Å². The minimum absolute atomic E-state index is 0.533. The van der Waals surface area contributed by atoms with Crippen LogP contribution in [0.4, 0.5) is 0 Å². The van der Waals surface area contributed by atoms with Crippen LogP contribution in [0.5, 0.6) is 0 Å². The molecule has 4 aromatic heterocycles. The highest BCUT2D eigenvalue weighted by Crippen LogP contribution is 2.46. The van der Waals surface area contributed by atoms with E-state index in [4.69, 9.17) is 15.0 Å². The third-order valence-electron chi connectivity index (χ3n) is 13.7. The van der Waals surface area contributed by atoms with Gasteiger partial charge in [0.25, 0.3) is 0 Å². The van der Waals surface area contributed by atoms with Crippen molar-refractivity contribution < 1.29 is 0 Å². The zero-order valence-electron chi connectivity index (χ0n) is 37.3. The Morgan fingerprint density at radius 3 is 1.29 bits per heavy atom. The van der Waals surface area contributed by atoms with Crippen molar-refractivity contribution >= 4 is 65.4 Å². The largest absolute Gasteiger partial charge is 0.309 e. The summed E-state index contributed by atoms with van der Waals surface area (Å²) in [5, 5.41) is 6.95. The monoisotopic (exact) mass is 880 g/mol. The molecule has 0 saturated heterocycles. The molecule has 14 aromatic rings. The van der Waals surface area contributed by atoms with Crippen LogP contribution in [0.1, 0.15) is 0 Å². The van der Waals surface area contributed by atoms with E-state index in [1.54, 1.807) is 0 Å². The number of rotatable bonds is 7. The molecule has 0 aliphatic heterocycles. The zero-order chi connectivity index (χ0) is 45.4. The highest BCUT2D eigenvalue weighted by atomic mass is 15.2. The summed E-state index contributed by atoms with van der Waals surface area (Å²) in [7, 11) is 0. The molecule has 6 nitrogen and oxygen atoms in total. The van der Waals surface area contributed by atoms with Gasteiger partial charge in [0.2, 0.25) is 5.95 Å². The molecule has 0 N–H and O–H groups in total. The normalized spacial score (nSPS) is 11.8. The van der Waals surface area contributed by atoms with E-state index in [1.807, 2.05) is 18.2 Å². The molecule has 0 unspecified atom stereocenters. The summed E-state index contributed by atoms with van der Waals surface area (Å²) in [6.45, 7) is 0. The second-order valence-electron chi connectivity index (χ2n) is 17.6. The molecule has 14 rings (SSSR count). The van der Waals surface area contributed by atoms with E-state index in [0.29, 0.717) is 17.6 Å². The maximum atomic E-state index is 5.55. The molecule has 4 heterocycles. The number of hydrogen-bond acceptors (Lipinski definition) is 3. The molecule has 322 valence electrons. The first-order chi connectivity index (χ1) is 34.2. The van der Waals surface area contributed by atoms with E-state index >= 15 is 0 Å². The van der Waals surface area contributed by atoms with Gasteiger partial charge < -0.3 is 9.13 Å². The summed E-state index contributed by atoms with van der Waals surface area (Å²) < 4.78 is 7.18. The van der Waals surface area contributed by atoms with E-state index in [2.05, 4.69) is 238 Å². The molecule has 0 amide bonds. The molecule has 0 atom stereocenters. The SMILES string of the molecule is c1ccc(-c2cccc(-c3cccc(-c4nc(-c5ccccc5)nc(-n5c6ccccc6c6c5c(-n5c7ccccc7c7ccccc75)cc5c7ccccc7n(-c7ccccc7)c56)n4)c3)c2)cc1. The van der Waals surface area contributed by atoms with Gasteiger partial charge in [-0.2, -0.15) is 9.97 Å². The first kappa shape index (κ1) is 38.8. The van der Waals surface area contributed by atoms with Crippen LogP contribution in [0.3, 0.4) is 0 Å². The van der Waals surface area contributed by atoms with Crippen LogP contribution in [-0.4, -0.2) is 28.7 Å². The van der Waals surface area contributed by atoms with Gasteiger partial charge in [0.05, 0.1) is 38.8 Å². The van der Waals surface area contributed by atoms with Crippen LogP contribution >= 0.6 is 0 Å². The molecule has 0 aliphatic carbocycles. The lowest BCUT2D eigenvalue weighted by atomic mass is 9.98. The van der Waals surface area contributed by atoms with Gasteiger partial charge in [-0.05, 0) is 76.9 Å². The second-order valence-corrected chi connectivity index (χ2v) is 17.6. The molecule has 0 aliphatic rings. The molecule has 0 fully saturated rings. The maximum Gasteiger partial charge on any atom is 0.238 e. The van der Waals surface area contributed by atoms with Crippen LogP contribution in [0.15, 0.2) is 243 Å². The first-order valence-electron chi connectivity index (χ1n) is 23.4. The first-order valence-corrected chi connectivity index (χ1v) is 23.4. The molecule has 10 aromatic carbocycles. The van der Waals surface area contributed by atoms with E-state index in [9.17, 15) is 0 Å². The quantitative estimate of drug-likeness (QED) is 0.160. The Balaban J connectivity index is 1.11. The third kappa shape index (κ3) is 6.16. The minimum atomic E-state index is 0.533. The topological polar surface area (TPSA) is 53.5 Å². The molecular formula is C63H40N6. The van der Waals surface area contributed by atoms with E-state index < -0.39 is 0 Å². The molecule has 0 radical (unpaired) electrons. The Morgan fingerprint density at radius 2 is 0.681 bits per heavy atom. The number of nitrogens with zero attached hydrogens (tertiary/aromatic N) is 6. The van der Waals surface area contributed by atoms with Crippen molar-refractivity contribution in [3.05, 3.63) is 243 Å². The van der Waals surface area contributed by atoms with Crippen molar-refractivity contribution in [2.75, 3.05) is 0 Å². The standard InChI is InChI=1S/C63H40N6/c1-4-20-41(21-5-1)43-24-18-25-44(38-43)45-26-19-27-46(39-45)62-64-61(42-22-6-2-7-23-42)65-63(66-62)69-56-37-17-13-33-51(56)58-59-52(50-32-12-14-34-53(50)67(59)47-28-8-3-9-29-47)40-57(60(58)69)68-54-35-15-10-30-48(54)49-31-11-16-36-55(49)68/h1-40H. The highest BCUT2D eigenvalue weighted by molar-refractivity contribution is 6.28. The van der Waals surface area contributed by atoms with Gasteiger partial charge in [0.1, 0.15) is 0 Å². The van der Waals surface area contributed by atoms with Crippen LogP contribution in [0, 0.1) is 0 Å². The summed E-state index contributed by atoms with van der Waals surface area (Å²) in [6, 6.07) is 86.2. The van der Waals surface area contributed by atoms with Gasteiger partial charge in [0.15, 0.2) is 11.6 Å². The van der Waals surface area contributed by atoms with Gasteiger partial charge in [-0.25, -0.2) is 4.98 Å². The van der Waals surface area contributed by atoms with Crippen LogP contribution in [-0.2, 0) is 0 Å². The van der Waals surface area contributed by atoms with Gasteiger partial charge in [-0.3, -0.25) is 4.57 Å². The lowest BCUT2D eigenvalue weighted by molar-refractivity contribution is 0.950. The fraction of sp³-hybridized carbons (Fsp3) is 0. The lowest BCUT2D eigenvalue weighted by Gasteiger charge is -2.16. The molecule has 69 heavy (non-hydrogen) atoms. The average molecular weight is 881 g/mol. The molecule has 0 bridgehead atoms. The fourth-order valence-corrected chi connectivity index (χ4v) is 10.6. The predicted molar refractivity (Wildman–Crippen MR) is 285 cm³/mol. The third-order valence-corrected chi connectivity index (χ3v) is 13.7.